The fraction of sp³-hybridized carbons (Fsp3) is 0.250. The molecular formula is C20H22N4O3. The van der Waals surface area contributed by atoms with Crippen LogP contribution in [0.3, 0.4) is 0 Å². The molecule has 1 heterocycles. The van der Waals surface area contributed by atoms with Gasteiger partial charge in [0.05, 0.1) is 12.6 Å². The molecule has 0 aliphatic carbocycles. The number of aromatic amines is 1. The fourth-order valence-corrected chi connectivity index (χ4v) is 2.78. The number of nitrogens with zero attached hydrogens (tertiary/aromatic N) is 1. The Kier molecular flexibility index (Phi) is 5.71. The van der Waals surface area contributed by atoms with Crippen LogP contribution >= 0.6 is 0 Å². The van der Waals surface area contributed by atoms with E-state index < -0.39 is 6.04 Å². The summed E-state index contributed by atoms with van der Waals surface area (Å²) in [5, 5.41) is 13.1. The van der Waals surface area contributed by atoms with Crippen molar-refractivity contribution in [2.75, 3.05) is 13.7 Å². The van der Waals surface area contributed by atoms with Crippen LogP contribution in [0, 0.1) is 0 Å². The summed E-state index contributed by atoms with van der Waals surface area (Å²) in [4.78, 5) is 24.7. The minimum Gasteiger partial charge on any atom is -0.497 e. The van der Waals surface area contributed by atoms with E-state index in [0.29, 0.717) is 13.0 Å². The van der Waals surface area contributed by atoms with Crippen molar-refractivity contribution in [1.29, 1.82) is 0 Å². The van der Waals surface area contributed by atoms with Crippen LogP contribution in [0.25, 0.3) is 10.9 Å². The van der Waals surface area contributed by atoms with Gasteiger partial charge in [0.2, 0.25) is 5.91 Å². The van der Waals surface area contributed by atoms with Crippen LogP contribution in [-0.2, 0) is 11.2 Å². The summed E-state index contributed by atoms with van der Waals surface area (Å²) in [5.74, 6) is 0.152. The first-order valence-electron chi connectivity index (χ1n) is 8.73. The Labute approximate surface area is 157 Å². The first-order valence-corrected chi connectivity index (χ1v) is 8.73. The van der Waals surface area contributed by atoms with E-state index in [-0.39, 0.29) is 17.5 Å². The number of H-pyrrole nitrogens is 1. The molecule has 27 heavy (non-hydrogen) atoms. The van der Waals surface area contributed by atoms with E-state index in [2.05, 4.69) is 20.8 Å². The predicted octanol–water partition coefficient (Wildman–Crippen LogP) is 2.05. The van der Waals surface area contributed by atoms with Gasteiger partial charge >= 0.3 is 0 Å². The number of ether oxygens (including phenoxy) is 1. The van der Waals surface area contributed by atoms with E-state index >= 15 is 0 Å². The summed E-state index contributed by atoms with van der Waals surface area (Å²) in [6.45, 7) is 2.12. The highest BCUT2D eigenvalue weighted by molar-refractivity contribution is 6.05. The van der Waals surface area contributed by atoms with Gasteiger partial charge in [-0.15, -0.1) is 0 Å². The Balaban J connectivity index is 1.52. The Morgan fingerprint density at radius 1 is 1.19 bits per heavy atom. The number of amides is 2. The van der Waals surface area contributed by atoms with Gasteiger partial charge in [0.1, 0.15) is 11.8 Å². The number of benzene rings is 2. The number of carbonyl (C=O) groups excluding carboxylic acids is 2. The van der Waals surface area contributed by atoms with Crippen molar-refractivity contribution >= 4 is 22.7 Å². The zero-order chi connectivity index (χ0) is 19.2. The van der Waals surface area contributed by atoms with Crippen molar-refractivity contribution in [3.8, 4) is 5.75 Å². The summed E-state index contributed by atoms with van der Waals surface area (Å²) in [6, 6.07) is 14.4. The number of hydrogen-bond donors (Lipinski definition) is 3. The van der Waals surface area contributed by atoms with Crippen LogP contribution in [0.4, 0.5) is 0 Å². The minimum atomic E-state index is -0.668. The average Bonchev–Trinajstić information content (AvgIpc) is 3.12. The summed E-state index contributed by atoms with van der Waals surface area (Å²) < 4.78 is 5.19. The summed E-state index contributed by atoms with van der Waals surface area (Å²) in [6.07, 6.45) is 0.674. The molecule has 2 amide bonds. The Morgan fingerprint density at radius 3 is 2.81 bits per heavy atom. The van der Waals surface area contributed by atoms with Crippen molar-refractivity contribution in [2.45, 2.75) is 19.4 Å². The Hall–Kier alpha value is -3.35. The maximum Gasteiger partial charge on any atom is 0.273 e. The van der Waals surface area contributed by atoms with E-state index in [1.165, 1.54) is 0 Å². The van der Waals surface area contributed by atoms with Crippen LogP contribution in [0.2, 0.25) is 0 Å². The Bertz CT molecular complexity index is 951. The first kappa shape index (κ1) is 18.4. The van der Waals surface area contributed by atoms with E-state index in [9.17, 15) is 9.59 Å². The molecule has 140 valence electrons. The number of fused-ring (bicyclic) bond motifs is 1. The van der Waals surface area contributed by atoms with E-state index in [0.717, 1.165) is 22.2 Å². The molecule has 0 aliphatic heterocycles. The second-order valence-corrected chi connectivity index (χ2v) is 6.21. The molecule has 3 aromatic rings. The molecule has 0 saturated heterocycles. The zero-order valence-electron chi connectivity index (χ0n) is 15.3. The van der Waals surface area contributed by atoms with Crippen LogP contribution < -0.4 is 15.4 Å². The second-order valence-electron chi connectivity index (χ2n) is 6.21. The average molecular weight is 366 g/mol. The summed E-state index contributed by atoms with van der Waals surface area (Å²) in [5.41, 5.74) is 2.12. The number of para-hydroxylation sites is 1. The van der Waals surface area contributed by atoms with Crippen molar-refractivity contribution < 1.29 is 14.3 Å². The van der Waals surface area contributed by atoms with Gasteiger partial charge in [-0.2, -0.15) is 5.10 Å². The number of methoxy groups -OCH3 is 1. The van der Waals surface area contributed by atoms with Gasteiger partial charge in [-0.25, -0.2) is 0 Å². The molecule has 0 spiro atoms. The maximum absolute atomic E-state index is 12.4. The SMILES string of the molecule is COc1cccc(CCNC(=O)C(C)NC(=O)c2n[nH]c3ccccc23)c1. The maximum atomic E-state index is 12.4. The third-order valence-corrected chi connectivity index (χ3v) is 4.27. The Morgan fingerprint density at radius 2 is 2.00 bits per heavy atom. The van der Waals surface area contributed by atoms with E-state index in [1.54, 1.807) is 14.0 Å². The number of carbonyl (C=O) groups is 2. The van der Waals surface area contributed by atoms with Crippen molar-refractivity contribution in [3.05, 3.63) is 59.8 Å². The lowest BCUT2D eigenvalue weighted by Crippen LogP contribution is -2.45. The lowest BCUT2D eigenvalue weighted by molar-refractivity contribution is -0.122. The molecule has 0 radical (unpaired) electrons. The molecule has 1 aromatic heterocycles. The third kappa shape index (κ3) is 4.44. The molecule has 0 bridgehead atoms. The van der Waals surface area contributed by atoms with Crippen LogP contribution in [-0.4, -0.2) is 41.7 Å². The molecule has 7 heteroatoms. The lowest BCUT2D eigenvalue weighted by atomic mass is 10.1. The van der Waals surface area contributed by atoms with Gasteiger partial charge in [0.25, 0.3) is 5.91 Å². The van der Waals surface area contributed by atoms with Crippen LogP contribution in [0.1, 0.15) is 23.0 Å². The van der Waals surface area contributed by atoms with Gasteiger partial charge in [0.15, 0.2) is 5.69 Å². The van der Waals surface area contributed by atoms with Gasteiger partial charge in [-0.1, -0.05) is 30.3 Å². The molecule has 0 saturated carbocycles. The van der Waals surface area contributed by atoms with Gasteiger partial charge < -0.3 is 15.4 Å². The molecule has 0 fully saturated rings. The zero-order valence-corrected chi connectivity index (χ0v) is 15.3. The number of rotatable bonds is 7. The highest BCUT2D eigenvalue weighted by Gasteiger charge is 2.19. The number of nitrogens with one attached hydrogen (secondary N) is 3. The molecule has 3 N–H and O–H groups in total. The van der Waals surface area contributed by atoms with Gasteiger partial charge in [-0.05, 0) is 37.1 Å². The predicted molar refractivity (Wildman–Crippen MR) is 103 cm³/mol. The molecule has 3 rings (SSSR count). The molecule has 1 atom stereocenters. The normalized spacial score (nSPS) is 11.8. The third-order valence-electron chi connectivity index (χ3n) is 4.27. The minimum absolute atomic E-state index is 0.244. The van der Waals surface area contributed by atoms with Crippen LogP contribution in [0.5, 0.6) is 5.75 Å². The number of aromatic nitrogens is 2. The fourth-order valence-electron chi connectivity index (χ4n) is 2.78. The van der Waals surface area contributed by atoms with Crippen molar-refractivity contribution in [3.63, 3.8) is 0 Å². The quantitative estimate of drug-likeness (QED) is 0.596. The van der Waals surface area contributed by atoms with E-state index in [1.807, 2.05) is 48.5 Å². The molecule has 7 nitrogen and oxygen atoms in total. The van der Waals surface area contributed by atoms with Gasteiger partial charge in [0, 0.05) is 11.9 Å². The standard InChI is InChI=1S/C20H22N4O3/c1-13(19(25)21-11-10-14-6-5-7-15(12-14)27-2)22-20(26)18-16-8-3-4-9-17(16)23-24-18/h3-9,12-13H,10-11H2,1-2H3,(H,21,25)(H,22,26)(H,23,24). The molecule has 1 unspecified atom stereocenters. The lowest BCUT2D eigenvalue weighted by Gasteiger charge is -2.13. The summed E-state index contributed by atoms with van der Waals surface area (Å²) in [7, 11) is 1.62. The molecule has 2 aromatic carbocycles. The highest BCUT2D eigenvalue weighted by atomic mass is 16.5. The monoisotopic (exact) mass is 366 g/mol. The van der Waals surface area contributed by atoms with Crippen molar-refractivity contribution in [1.82, 2.24) is 20.8 Å². The molecular weight excluding hydrogens is 344 g/mol. The van der Waals surface area contributed by atoms with Crippen LogP contribution in [0.15, 0.2) is 48.5 Å². The first-order chi connectivity index (χ1) is 13.1. The smallest absolute Gasteiger partial charge is 0.273 e. The highest BCUT2D eigenvalue weighted by Crippen LogP contribution is 2.15. The topological polar surface area (TPSA) is 96.1 Å². The second kappa shape index (κ2) is 8.35. The van der Waals surface area contributed by atoms with Gasteiger partial charge in [-0.3, -0.25) is 14.7 Å². The van der Waals surface area contributed by atoms with Crippen molar-refractivity contribution in [2.24, 2.45) is 0 Å². The van der Waals surface area contributed by atoms with E-state index in [4.69, 9.17) is 4.74 Å². The summed E-state index contributed by atoms with van der Waals surface area (Å²) >= 11 is 0. The molecule has 0 aliphatic rings. The largest absolute Gasteiger partial charge is 0.497 e. The number of hydrogen-bond acceptors (Lipinski definition) is 4.